The number of nitrogens with zero attached hydrogens (tertiary/aromatic N) is 3. The first-order chi connectivity index (χ1) is 25.3. The van der Waals surface area contributed by atoms with Crippen LogP contribution in [0, 0.1) is 0 Å². The summed E-state index contributed by atoms with van der Waals surface area (Å²) in [6.07, 6.45) is 0. The topological polar surface area (TPSA) is 51.8 Å². The zero-order chi connectivity index (χ0) is 33.5. The van der Waals surface area contributed by atoms with Gasteiger partial charge in [0, 0.05) is 62.2 Å². The standard InChI is InChI=1S/C45H25N3OS2/c1-2-11-26(12-3-1)43-46-44(48-45(47-43)36-20-10-18-34-31-14-5-7-22-39(31)51-42(34)36)35-19-9-16-32-29-24-23-27(25-37(29)49-40(32)35)28-15-8-17-33-30-13-4-6-21-38(30)50-41(28)33/h1-25H. The number of aromatic nitrogens is 3. The second-order valence-electron chi connectivity index (χ2n) is 12.7. The minimum atomic E-state index is 0.580. The molecular formula is C45H25N3OS2. The lowest BCUT2D eigenvalue weighted by Crippen LogP contribution is -2.00. The Morgan fingerprint density at radius 2 is 0.922 bits per heavy atom. The Hall–Kier alpha value is -6.21. The molecule has 11 rings (SSSR count). The summed E-state index contributed by atoms with van der Waals surface area (Å²) in [5.74, 6) is 1.85. The molecular weight excluding hydrogens is 663 g/mol. The van der Waals surface area contributed by atoms with Crippen molar-refractivity contribution >= 4 is 85.0 Å². The molecule has 4 heterocycles. The van der Waals surface area contributed by atoms with E-state index in [1.165, 1.54) is 41.2 Å². The fourth-order valence-corrected chi connectivity index (χ4v) is 9.82. The molecule has 0 unspecified atom stereocenters. The average molecular weight is 688 g/mol. The molecule has 7 aromatic carbocycles. The van der Waals surface area contributed by atoms with Crippen LogP contribution in [0.1, 0.15) is 0 Å². The molecule has 51 heavy (non-hydrogen) atoms. The maximum Gasteiger partial charge on any atom is 0.167 e. The van der Waals surface area contributed by atoms with E-state index < -0.39 is 0 Å². The van der Waals surface area contributed by atoms with Crippen molar-refractivity contribution in [2.45, 2.75) is 0 Å². The molecule has 0 aliphatic carbocycles. The average Bonchev–Trinajstić information content (AvgIpc) is 3.89. The Labute approximate surface area is 299 Å². The Bertz CT molecular complexity index is 3160. The molecule has 0 atom stereocenters. The highest BCUT2D eigenvalue weighted by atomic mass is 32.1. The van der Waals surface area contributed by atoms with Crippen LogP contribution in [0.4, 0.5) is 0 Å². The Morgan fingerprint density at radius 1 is 0.373 bits per heavy atom. The Morgan fingerprint density at radius 3 is 1.65 bits per heavy atom. The van der Waals surface area contributed by atoms with E-state index in [0.29, 0.717) is 17.5 Å². The molecule has 0 fully saturated rings. The van der Waals surface area contributed by atoms with Gasteiger partial charge in [0.2, 0.25) is 0 Å². The summed E-state index contributed by atoms with van der Waals surface area (Å²) in [6, 6.07) is 53.1. The van der Waals surface area contributed by atoms with Gasteiger partial charge in [-0.3, -0.25) is 0 Å². The molecule has 0 saturated heterocycles. The predicted octanol–water partition coefficient (Wildman–Crippen LogP) is 13.2. The summed E-state index contributed by atoms with van der Waals surface area (Å²) in [5.41, 5.74) is 6.70. The van der Waals surface area contributed by atoms with E-state index in [2.05, 4.69) is 121 Å². The summed E-state index contributed by atoms with van der Waals surface area (Å²) in [7, 11) is 0. The lowest BCUT2D eigenvalue weighted by atomic mass is 10.0. The van der Waals surface area contributed by atoms with E-state index in [9.17, 15) is 0 Å². The molecule has 0 amide bonds. The van der Waals surface area contributed by atoms with Crippen molar-refractivity contribution < 1.29 is 4.42 Å². The van der Waals surface area contributed by atoms with E-state index in [4.69, 9.17) is 19.4 Å². The number of rotatable bonds is 4. The van der Waals surface area contributed by atoms with Crippen LogP contribution in [0.25, 0.3) is 108 Å². The highest BCUT2D eigenvalue weighted by Gasteiger charge is 2.20. The van der Waals surface area contributed by atoms with Gasteiger partial charge in [-0.1, -0.05) is 115 Å². The maximum absolute atomic E-state index is 6.78. The number of hydrogen-bond donors (Lipinski definition) is 0. The molecule has 0 bridgehead atoms. The molecule has 238 valence electrons. The fraction of sp³-hybridized carbons (Fsp3) is 0. The second-order valence-corrected chi connectivity index (χ2v) is 14.8. The number of thiophene rings is 2. The van der Waals surface area contributed by atoms with E-state index >= 15 is 0 Å². The van der Waals surface area contributed by atoms with E-state index in [1.54, 1.807) is 11.3 Å². The lowest BCUT2D eigenvalue weighted by molar-refractivity contribution is 0.669. The first-order valence-electron chi connectivity index (χ1n) is 16.9. The summed E-state index contributed by atoms with van der Waals surface area (Å²) in [5, 5.41) is 7.12. The molecule has 0 spiro atoms. The molecule has 0 aliphatic rings. The zero-order valence-electron chi connectivity index (χ0n) is 27.0. The van der Waals surface area contributed by atoms with Gasteiger partial charge in [0.15, 0.2) is 17.5 Å². The number of benzene rings is 7. The van der Waals surface area contributed by atoms with Crippen LogP contribution < -0.4 is 0 Å². The summed E-state index contributed by atoms with van der Waals surface area (Å²) in [4.78, 5) is 15.4. The third-order valence-electron chi connectivity index (χ3n) is 9.77. The molecule has 0 saturated carbocycles. The first kappa shape index (κ1) is 28.6. The van der Waals surface area contributed by atoms with Crippen molar-refractivity contribution in [3.8, 4) is 45.3 Å². The lowest BCUT2D eigenvalue weighted by Gasteiger charge is -2.09. The zero-order valence-corrected chi connectivity index (χ0v) is 28.6. The van der Waals surface area contributed by atoms with Gasteiger partial charge < -0.3 is 4.42 Å². The third-order valence-corrected chi connectivity index (χ3v) is 12.2. The summed E-state index contributed by atoms with van der Waals surface area (Å²) in [6.45, 7) is 0. The molecule has 4 nitrogen and oxygen atoms in total. The molecule has 0 aliphatic heterocycles. The van der Waals surface area contributed by atoms with E-state index in [0.717, 1.165) is 48.9 Å². The van der Waals surface area contributed by atoms with Crippen molar-refractivity contribution in [3.05, 3.63) is 152 Å². The van der Waals surface area contributed by atoms with Crippen LogP contribution in [0.2, 0.25) is 0 Å². The normalized spacial score (nSPS) is 11.9. The van der Waals surface area contributed by atoms with E-state index in [1.807, 2.05) is 41.7 Å². The van der Waals surface area contributed by atoms with Crippen LogP contribution in [0.3, 0.4) is 0 Å². The van der Waals surface area contributed by atoms with Gasteiger partial charge in [-0.25, -0.2) is 15.0 Å². The quantitative estimate of drug-likeness (QED) is 0.185. The molecule has 4 aromatic heterocycles. The van der Waals surface area contributed by atoms with Gasteiger partial charge in [-0.2, -0.15) is 0 Å². The number of hydrogen-bond acceptors (Lipinski definition) is 6. The van der Waals surface area contributed by atoms with Crippen molar-refractivity contribution in [1.29, 1.82) is 0 Å². The van der Waals surface area contributed by atoms with Crippen LogP contribution >= 0.6 is 22.7 Å². The van der Waals surface area contributed by atoms with E-state index in [-0.39, 0.29) is 0 Å². The summed E-state index contributed by atoms with van der Waals surface area (Å²) < 4.78 is 11.8. The smallest absolute Gasteiger partial charge is 0.167 e. The monoisotopic (exact) mass is 687 g/mol. The fourth-order valence-electron chi connectivity index (χ4n) is 7.37. The molecule has 11 aromatic rings. The van der Waals surface area contributed by atoms with Gasteiger partial charge in [0.05, 0.1) is 5.56 Å². The van der Waals surface area contributed by atoms with Gasteiger partial charge in [0.25, 0.3) is 0 Å². The molecule has 0 N–H and O–H groups in total. The highest BCUT2D eigenvalue weighted by molar-refractivity contribution is 7.26. The molecule has 6 heteroatoms. The van der Waals surface area contributed by atoms with Crippen molar-refractivity contribution in [3.63, 3.8) is 0 Å². The van der Waals surface area contributed by atoms with Crippen molar-refractivity contribution in [1.82, 2.24) is 15.0 Å². The Kier molecular flexibility index (Phi) is 6.26. The SMILES string of the molecule is c1ccc(-c2nc(-c3cccc4c3oc3cc(-c5cccc6c5sc5ccccc56)ccc34)nc(-c3cccc4c3sc3ccccc34)n2)cc1. The number of para-hydroxylation sites is 1. The number of fused-ring (bicyclic) bond motifs is 9. The van der Waals surface area contributed by atoms with Crippen LogP contribution in [-0.4, -0.2) is 15.0 Å². The third kappa shape index (κ3) is 4.47. The first-order valence-corrected chi connectivity index (χ1v) is 18.5. The summed E-state index contributed by atoms with van der Waals surface area (Å²) >= 11 is 3.62. The van der Waals surface area contributed by atoms with Gasteiger partial charge in [-0.15, -0.1) is 22.7 Å². The predicted molar refractivity (Wildman–Crippen MR) is 215 cm³/mol. The maximum atomic E-state index is 6.78. The minimum Gasteiger partial charge on any atom is -0.455 e. The van der Waals surface area contributed by atoms with Crippen LogP contribution in [0.5, 0.6) is 0 Å². The van der Waals surface area contributed by atoms with Gasteiger partial charge in [0.1, 0.15) is 11.2 Å². The largest absolute Gasteiger partial charge is 0.455 e. The second kappa shape index (κ2) is 11.2. The highest BCUT2D eigenvalue weighted by Crippen LogP contribution is 2.43. The van der Waals surface area contributed by atoms with Crippen molar-refractivity contribution in [2.75, 3.05) is 0 Å². The van der Waals surface area contributed by atoms with Gasteiger partial charge in [-0.05, 0) is 47.5 Å². The Balaban J connectivity index is 1.11. The number of furan rings is 1. The minimum absolute atomic E-state index is 0.580. The van der Waals surface area contributed by atoms with Crippen LogP contribution in [0.15, 0.2) is 156 Å². The van der Waals surface area contributed by atoms with Crippen LogP contribution in [-0.2, 0) is 0 Å². The van der Waals surface area contributed by atoms with Gasteiger partial charge >= 0.3 is 0 Å². The van der Waals surface area contributed by atoms with Crippen molar-refractivity contribution in [2.24, 2.45) is 0 Å². The molecule has 0 radical (unpaired) electrons.